The zero-order valence-corrected chi connectivity index (χ0v) is 15.2. The lowest BCUT2D eigenvalue weighted by molar-refractivity contribution is -0.384. The van der Waals surface area contributed by atoms with Gasteiger partial charge in [0.05, 0.1) is 17.6 Å². The second-order valence-electron chi connectivity index (χ2n) is 4.79. The molecule has 0 unspecified atom stereocenters. The first-order chi connectivity index (χ1) is 11.9. The molecule has 0 saturated heterocycles. The van der Waals surface area contributed by atoms with Crippen LogP contribution in [0.3, 0.4) is 0 Å². The number of methoxy groups -OCH3 is 1. The Hall–Kier alpha value is -2.69. The van der Waals surface area contributed by atoms with Crippen molar-refractivity contribution in [1.29, 1.82) is 0 Å². The standard InChI is InChI=1S/C16H13IN2O6/c1-24-15(20)11-7-12(17)14(13(8-11)19(22)23)18-16(21)25-9-10-5-3-2-4-6-10/h2-8H,9H2,1H3,(H,18,21). The maximum Gasteiger partial charge on any atom is 0.412 e. The molecule has 130 valence electrons. The van der Waals surface area contributed by atoms with Crippen LogP contribution in [0.2, 0.25) is 0 Å². The van der Waals surface area contributed by atoms with Gasteiger partial charge in [-0.2, -0.15) is 0 Å². The quantitative estimate of drug-likeness (QED) is 0.318. The predicted molar refractivity (Wildman–Crippen MR) is 97.4 cm³/mol. The van der Waals surface area contributed by atoms with Crippen molar-refractivity contribution in [1.82, 2.24) is 0 Å². The third-order valence-electron chi connectivity index (χ3n) is 3.13. The van der Waals surface area contributed by atoms with E-state index >= 15 is 0 Å². The van der Waals surface area contributed by atoms with Crippen molar-refractivity contribution < 1.29 is 24.0 Å². The number of hydrogen-bond donors (Lipinski definition) is 1. The van der Waals surface area contributed by atoms with Gasteiger partial charge in [-0.25, -0.2) is 9.59 Å². The average Bonchev–Trinajstić information content (AvgIpc) is 2.61. The Balaban J connectivity index is 2.18. The number of rotatable bonds is 5. The summed E-state index contributed by atoms with van der Waals surface area (Å²) in [5.41, 5.74) is 0.324. The van der Waals surface area contributed by atoms with Gasteiger partial charge in [0, 0.05) is 9.64 Å². The van der Waals surface area contributed by atoms with E-state index in [1.807, 2.05) is 6.07 Å². The number of ether oxygens (including phenoxy) is 2. The highest BCUT2D eigenvalue weighted by Gasteiger charge is 2.23. The van der Waals surface area contributed by atoms with E-state index in [2.05, 4.69) is 10.1 Å². The van der Waals surface area contributed by atoms with Crippen LogP contribution in [0.1, 0.15) is 15.9 Å². The maximum atomic E-state index is 11.9. The fourth-order valence-electron chi connectivity index (χ4n) is 1.96. The molecule has 0 aliphatic rings. The number of carbonyl (C=O) groups is 2. The molecule has 8 nitrogen and oxygen atoms in total. The topological polar surface area (TPSA) is 108 Å². The molecule has 0 aromatic heterocycles. The zero-order chi connectivity index (χ0) is 18.4. The number of carbonyl (C=O) groups excluding carboxylic acids is 2. The van der Waals surface area contributed by atoms with Crippen LogP contribution in [-0.4, -0.2) is 24.1 Å². The molecule has 0 atom stereocenters. The van der Waals surface area contributed by atoms with E-state index in [1.54, 1.807) is 46.9 Å². The van der Waals surface area contributed by atoms with Crippen LogP contribution < -0.4 is 5.32 Å². The SMILES string of the molecule is COC(=O)c1cc(I)c(NC(=O)OCc2ccccc2)c([N+](=O)[O-])c1. The van der Waals surface area contributed by atoms with Crippen LogP contribution in [0.25, 0.3) is 0 Å². The predicted octanol–water partition coefficient (Wildman–Crippen LogP) is 3.73. The van der Waals surface area contributed by atoms with Crippen LogP contribution in [0.5, 0.6) is 0 Å². The van der Waals surface area contributed by atoms with Gasteiger partial charge in [0.25, 0.3) is 5.69 Å². The number of nitrogens with one attached hydrogen (secondary N) is 1. The van der Waals surface area contributed by atoms with Crippen molar-refractivity contribution in [2.75, 3.05) is 12.4 Å². The van der Waals surface area contributed by atoms with E-state index in [4.69, 9.17) is 4.74 Å². The van der Waals surface area contributed by atoms with Crippen LogP contribution in [0, 0.1) is 13.7 Å². The van der Waals surface area contributed by atoms with Crippen molar-refractivity contribution in [2.45, 2.75) is 6.61 Å². The Morgan fingerprint density at radius 1 is 1.24 bits per heavy atom. The lowest BCUT2D eigenvalue weighted by atomic mass is 10.1. The number of nitro groups is 1. The molecule has 2 aromatic rings. The van der Waals surface area contributed by atoms with E-state index in [0.717, 1.165) is 11.6 Å². The number of benzene rings is 2. The molecule has 0 spiro atoms. The summed E-state index contributed by atoms with van der Waals surface area (Å²) in [5, 5.41) is 13.6. The van der Waals surface area contributed by atoms with Gasteiger partial charge in [0.15, 0.2) is 0 Å². The van der Waals surface area contributed by atoms with Crippen molar-refractivity contribution in [3.05, 3.63) is 67.3 Å². The molecule has 2 aromatic carbocycles. The molecule has 0 aliphatic heterocycles. The smallest absolute Gasteiger partial charge is 0.412 e. The van der Waals surface area contributed by atoms with Gasteiger partial charge in [-0.15, -0.1) is 0 Å². The largest absolute Gasteiger partial charge is 0.465 e. The first-order valence-corrected chi connectivity index (χ1v) is 8.04. The van der Waals surface area contributed by atoms with Gasteiger partial charge in [0.2, 0.25) is 0 Å². The Kier molecular flexibility index (Phi) is 6.28. The van der Waals surface area contributed by atoms with Crippen LogP contribution >= 0.6 is 22.6 Å². The molecule has 9 heteroatoms. The minimum Gasteiger partial charge on any atom is -0.465 e. The van der Waals surface area contributed by atoms with Crippen molar-refractivity contribution >= 4 is 46.0 Å². The molecule has 0 fully saturated rings. The summed E-state index contributed by atoms with van der Waals surface area (Å²) in [6.45, 7) is 0.0251. The van der Waals surface area contributed by atoms with Gasteiger partial charge in [-0.05, 0) is 34.2 Å². The zero-order valence-electron chi connectivity index (χ0n) is 13.0. The highest BCUT2D eigenvalue weighted by atomic mass is 127. The first kappa shape index (κ1) is 18.6. The van der Waals surface area contributed by atoms with Crippen LogP contribution in [0.4, 0.5) is 16.2 Å². The maximum absolute atomic E-state index is 11.9. The molecule has 2 rings (SSSR count). The van der Waals surface area contributed by atoms with Gasteiger partial charge >= 0.3 is 12.1 Å². The molecule has 0 saturated carbocycles. The minimum absolute atomic E-state index is 0.0156. The van der Waals surface area contributed by atoms with Crippen LogP contribution in [-0.2, 0) is 16.1 Å². The fourth-order valence-corrected chi connectivity index (χ4v) is 2.70. The lowest BCUT2D eigenvalue weighted by Crippen LogP contribution is -2.16. The Morgan fingerprint density at radius 2 is 1.92 bits per heavy atom. The summed E-state index contributed by atoms with van der Waals surface area (Å²) in [6, 6.07) is 11.4. The van der Waals surface area contributed by atoms with Gasteiger partial charge in [-0.1, -0.05) is 30.3 Å². The number of halogens is 1. The normalized spacial score (nSPS) is 10.0. The van der Waals surface area contributed by atoms with Gasteiger partial charge < -0.3 is 9.47 Å². The highest BCUT2D eigenvalue weighted by molar-refractivity contribution is 14.1. The molecule has 0 bridgehead atoms. The van der Waals surface area contributed by atoms with E-state index in [1.165, 1.54) is 13.2 Å². The molecule has 1 amide bonds. The molecule has 0 aliphatic carbocycles. The van der Waals surface area contributed by atoms with Crippen LogP contribution in [0.15, 0.2) is 42.5 Å². The summed E-state index contributed by atoms with van der Waals surface area (Å²) in [6.07, 6.45) is -0.837. The number of nitrogens with zero attached hydrogens (tertiary/aromatic N) is 1. The van der Waals surface area contributed by atoms with Gasteiger partial charge in [-0.3, -0.25) is 15.4 Å². The fraction of sp³-hybridized carbons (Fsp3) is 0.125. The summed E-state index contributed by atoms with van der Waals surface area (Å²) in [7, 11) is 1.17. The number of hydrogen-bond acceptors (Lipinski definition) is 6. The second kappa shape index (κ2) is 8.42. The highest BCUT2D eigenvalue weighted by Crippen LogP contribution is 2.31. The third-order valence-corrected chi connectivity index (χ3v) is 3.98. The van der Waals surface area contributed by atoms with E-state index in [9.17, 15) is 19.7 Å². The number of esters is 1. The third kappa shape index (κ3) is 4.89. The molecule has 25 heavy (non-hydrogen) atoms. The minimum atomic E-state index is -0.837. The molecular formula is C16H13IN2O6. The van der Waals surface area contributed by atoms with E-state index in [0.29, 0.717) is 3.57 Å². The van der Waals surface area contributed by atoms with E-state index < -0.39 is 22.7 Å². The van der Waals surface area contributed by atoms with Gasteiger partial charge in [0.1, 0.15) is 12.3 Å². The number of nitro benzene ring substituents is 1. The lowest BCUT2D eigenvalue weighted by Gasteiger charge is -2.10. The molecular weight excluding hydrogens is 443 g/mol. The van der Waals surface area contributed by atoms with Crippen molar-refractivity contribution in [3.63, 3.8) is 0 Å². The Morgan fingerprint density at radius 3 is 2.52 bits per heavy atom. The van der Waals surface area contributed by atoms with Crippen molar-refractivity contribution in [3.8, 4) is 0 Å². The summed E-state index contributed by atoms with van der Waals surface area (Å²) < 4.78 is 9.92. The summed E-state index contributed by atoms with van der Waals surface area (Å²) in [4.78, 5) is 34.1. The average molecular weight is 456 g/mol. The van der Waals surface area contributed by atoms with E-state index in [-0.39, 0.29) is 17.9 Å². The molecule has 0 heterocycles. The molecule has 0 radical (unpaired) electrons. The number of amides is 1. The first-order valence-electron chi connectivity index (χ1n) is 6.96. The summed E-state index contributed by atoms with van der Waals surface area (Å²) >= 11 is 1.79. The van der Waals surface area contributed by atoms with Crippen molar-refractivity contribution in [2.24, 2.45) is 0 Å². The second-order valence-corrected chi connectivity index (χ2v) is 5.95. The summed E-state index contributed by atoms with van der Waals surface area (Å²) in [5.74, 6) is -0.709. The Bertz CT molecular complexity index is 810. The number of anilines is 1. The molecule has 1 N–H and O–H groups in total. The monoisotopic (exact) mass is 456 g/mol. The Labute approximate surface area is 156 Å².